The van der Waals surface area contributed by atoms with E-state index in [1.54, 1.807) is 31.2 Å². The second kappa shape index (κ2) is 19.9. The van der Waals surface area contributed by atoms with Gasteiger partial charge in [0.1, 0.15) is 5.82 Å². The maximum Gasteiger partial charge on any atom is 0.308 e. The number of tetrazole rings is 1. The van der Waals surface area contributed by atoms with E-state index < -0.39 is 21.8 Å². The van der Waals surface area contributed by atoms with Gasteiger partial charge in [-0.1, -0.05) is 42.4 Å². The molecule has 5 aromatic rings. The average molecular weight is 863 g/mol. The fraction of sp³-hybridized carbons (Fsp3) is 0.364. The molecule has 62 heavy (non-hydrogen) atoms. The number of carbonyl (C=O) groups excluding carboxylic acids is 4. The Morgan fingerprint density at radius 3 is 2.11 bits per heavy atom. The summed E-state index contributed by atoms with van der Waals surface area (Å²) in [6, 6.07) is 23.7. The highest BCUT2D eigenvalue weighted by Gasteiger charge is 2.35. The first-order valence-electron chi connectivity index (χ1n) is 20.8. The van der Waals surface area contributed by atoms with E-state index in [0.717, 1.165) is 56.3 Å². The summed E-state index contributed by atoms with van der Waals surface area (Å²) in [5, 5.41) is 21.5. The van der Waals surface area contributed by atoms with Crippen LogP contribution in [0.5, 0.6) is 0 Å². The molecule has 0 atom stereocenters. The molecule has 2 aromatic heterocycles. The molecule has 3 aromatic carbocycles. The first-order valence-corrected chi connectivity index (χ1v) is 22.3. The zero-order valence-corrected chi connectivity index (χ0v) is 35.5. The quantitative estimate of drug-likeness (QED) is 0.0908. The van der Waals surface area contributed by atoms with E-state index in [4.69, 9.17) is 9.72 Å². The van der Waals surface area contributed by atoms with Crippen molar-refractivity contribution in [3.05, 3.63) is 113 Å². The molecule has 4 N–H and O–H groups in total. The molecule has 0 bridgehead atoms. The van der Waals surface area contributed by atoms with Crippen molar-refractivity contribution < 1.29 is 32.3 Å². The van der Waals surface area contributed by atoms with E-state index >= 15 is 0 Å². The van der Waals surface area contributed by atoms with Gasteiger partial charge < -0.3 is 20.3 Å². The molecule has 3 heterocycles. The highest BCUT2D eigenvalue weighted by Crippen LogP contribution is 2.32. The largest absolute Gasteiger partial charge is 0.469 e. The summed E-state index contributed by atoms with van der Waals surface area (Å²) in [7, 11) is -2.64. The fourth-order valence-corrected chi connectivity index (χ4v) is 9.73. The molecule has 1 saturated heterocycles. The predicted octanol–water partition coefficient (Wildman–Crippen LogP) is 5.87. The van der Waals surface area contributed by atoms with E-state index in [-0.39, 0.29) is 58.2 Å². The number of hydrogen-bond donors (Lipinski definition) is 4. The van der Waals surface area contributed by atoms with Crippen molar-refractivity contribution in [2.24, 2.45) is 5.92 Å². The second-order valence-corrected chi connectivity index (χ2v) is 17.3. The number of rotatable bonds is 15. The van der Waals surface area contributed by atoms with E-state index in [0.29, 0.717) is 42.8 Å². The van der Waals surface area contributed by atoms with Crippen LogP contribution in [-0.4, -0.2) is 94.8 Å². The summed E-state index contributed by atoms with van der Waals surface area (Å²) in [6.07, 6.45) is 6.66. The number of amides is 3. The molecule has 1 aliphatic heterocycles. The Kier molecular flexibility index (Phi) is 14.0. The third-order valence-electron chi connectivity index (χ3n) is 11.4. The van der Waals surface area contributed by atoms with Gasteiger partial charge in [0.25, 0.3) is 23.7 Å². The number of H-pyrrole nitrogens is 1. The third kappa shape index (κ3) is 10.5. The molecule has 18 heteroatoms. The van der Waals surface area contributed by atoms with Crippen molar-refractivity contribution in [2.75, 3.05) is 47.6 Å². The Bertz CT molecular complexity index is 2470. The van der Waals surface area contributed by atoms with E-state index in [1.165, 1.54) is 35.7 Å². The van der Waals surface area contributed by atoms with Gasteiger partial charge in [0.05, 0.1) is 23.6 Å². The maximum absolute atomic E-state index is 14.0. The number of carbonyl (C=O) groups is 4. The minimum absolute atomic E-state index is 0.0170. The minimum atomic E-state index is -3.99. The van der Waals surface area contributed by atoms with Crippen molar-refractivity contribution >= 4 is 56.9 Å². The van der Waals surface area contributed by atoms with Gasteiger partial charge in [-0.15, -0.1) is 5.10 Å². The molecule has 324 valence electrons. The zero-order chi connectivity index (χ0) is 43.6. The van der Waals surface area contributed by atoms with E-state index in [1.807, 2.05) is 36.4 Å². The molecular weight excluding hydrogens is 813 g/mol. The first-order chi connectivity index (χ1) is 30.0. The predicted molar refractivity (Wildman–Crippen MR) is 232 cm³/mol. The first kappa shape index (κ1) is 43.6. The lowest BCUT2D eigenvalue weighted by Gasteiger charge is -2.34. The minimum Gasteiger partial charge on any atom is -0.469 e. The number of nitrogens with one attached hydrogen (secondary N) is 4. The molecule has 0 unspecified atom stereocenters. The van der Waals surface area contributed by atoms with Crippen LogP contribution in [0.1, 0.15) is 94.2 Å². The lowest BCUT2D eigenvalue weighted by molar-refractivity contribution is -0.146. The van der Waals surface area contributed by atoms with Gasteiger partial charge in [0.15, 0.2) is 5.69 Å². The highest BCUT2D eigenvalue weighted by molar-refractivity contribution is 7.89. The molecule has 0 spiro atoms. The summed E-state index contributed by atoms with van der Waals surface area (Å²) < 4.78 is 34.3. The molecule has 1 saturated carbocycles. The number of nitrogens with zero attached hydrogens (tertiary/aromatic N) is 6. The van der Waals surface area contributed by atoms with Gasteiger partial charge in [-0.05, 0) is 129 Å². The Labute approximate surface area is 360 Å². The standard InChI is InChI=1S/C44H50N10O7S/c1-3-54(35-22-18-32(19-23-35)43(58)61-2)62(59,60)36-9-7-8-33(28-36)41(56)46-37-24-25-38(53-26-5-4-6-27-53)47-39(37)42(57)45-34-20-14-30(15-21-34)11-10-29-12-16-31(17-13-29)40(55)48-44-49-51-52-50-44/h7-9,12-17,20-21,24-25,28,32,35H,3-6,10-11,18-19,22-23,26-27H2,1-2H3,(H,45,57)(H,46,56)(H2,48,49,50,51,52,55). The molecule has 0 radical (unpaired) electrons. The lowest BCUT2D eigenvalue weighted by atomic mass is 9.86. The number of pyridine rings is 1. The van der Waals surface area contributed by atoms with Crippen molar-refractivity contribution in [3.8, 4) is 0 Å². The van der Waals surface area contributed by atoms with Gasteiger partial charge >= 0.3 is 5.97 Å². The van der Waals surface area contributed by atoms with Crippen LogP contribution in [0, 0.1) is 5.92 Å². The summed E-state index contributed by atoms with van der Waals surface area (Å²) in [5.41, 5.74) is 3.37. The Morgan fingerprint density at radius 1 is 0.790 bits per heavy atom. The second-order valence-electron chi connectivity index (χ2n) is 15.4. The highest BCUT2D eigenvalue weighted by atomic mass is 32.2. The van der Waals surface area contributed by atoms with Crippen molar-refractivity contribution in [1.29, 1.82) is 0 Å². The molecule has 2 fully saturated rings. The van der Waals surface area contributed by atoms with Crippen LogP contribution in [0.4, 0.5) is 23.1 Å². The van der Waals surface area contributed by atoms with Gasteiger partial charge in [0, 0.05) is 42.5 Å². The number of hydrogen-bond acceptors (Lipinski definition) is 12. The maximum atomic E-state index is 14.0. The molecule has 2 aliphatic rings. The molecular formula is C44H50N10O7S. The third-order valence-corrected chi connectivity index (χ3v) is 13.4. The number of piperidine rings is 1. The van der Waals surface area contributed by atoms with Crippen LogP contribution in [0.15, 0.2) is 89.8 Å². The van der Waals surface area contributed by atoms with Gasteiger partial charge in [0.2, 0.25) is 10.0 Å². The SMILES string of the molecule is CCN(C1CCC(C(=O)OC)CC1)S(=O)(=O)c1cccc(C(=O)Nc2ccc(N3CCCCC3)nc2C(=O)Nc2ccc(CCc3ccc(C(=O)Nc4nn[nH]n4)cc3)cc2)c1. The summed E-state index contributed by atoms with van der Waals surface area (Å²) in [5.74, 6) is -1.27. The number of ether oxygens (including phenoxy) is 1. The van der Waals surface area contributed by atoms with Crippen molar-refractivity contribution in [1.82, 2.24) is 29.9 Å². The number of aryl methyl sites for hydroxylation is 2. The Morgan fingerprint density at radius 2 is 1.47 bits per heavy atom. The average Bonchev–Trinajstić information content (AvgIpc) is 3.82. The normalized spacial score (nSPS) is 16.7. The number of sulfonamides is 1. The van der Waals surface area contributed by atoms with Crippen LogP contribution < -0.4 is 20.9 Å². The zero-order valence-electron chi connectivity index (χ0n) is 34.7. The summed E-state index contributed by atoms with van der Waals surface area (Å²) >= 11 is 0. The fourth-order valence-electron chi connectivity index (χ4n) is 7.99. The number of esters is 1. The van der Waals surface area contributed by atoms with Gasteiger partial charge in [-0.3, -0.25) is 24.5 Å². The topological polar surface area (TPSA) is 222 Å². The van der Waals surface area contributed by atoms with Crippen LogP contribution in [0.3, 0.4) is 0 Å². The van der Waals surface area contributed by atoms with Gasteiger partial charge in [-0.25, -0.2) is 13.4 Å². The van der Waals surface area contributed by atoms with E-state index in [2.05, 4.69) is 41.5 Å². The van der Waals surface area contributed by atoms with Crippen molar-refractivity contribution in [3.63, 3.8) is 0 Å². The van der Waals surface area contributed by atoms with Crippen LogP contribution in [-0.2, 0) is 32.4 Å². The monoisotopic (exact) mass is 862 g/mol. The number of aromatic nitrogens is 5. The molecule has 1 aliphatic carbocycles. The Balaban J connectivity index is 1.02. The summed E-state index contributed by atoms with van der Waals surface area (Å²) in [6.45, 7) is 3.59. The van der Waals surface area contributed by atoms with Crippen LogP contribution in [0.2, 0.25) is 0 Å². The number of anilines is 4. The smallest absolute Gasteiger partial charge is 0.308 e. The Hall–Kier alpha value is -6.53. The number of benzene rings is 3. The molecule has 3 amide bonds. The summed E-state index contributed by atoms with van der Waals surface area (Å²) in [4.78, 5) is 59.2. The lowest BCUT2D eigenvalue weighted by Crippen LogP contribution is -2.43. The molecule has 17 nitrogen and oxygen atoms in total. The van der Waals surface area contributed by atoms with Crippen LogP contribution in [0.25, 0.3) is 0 Å². The molecule has 7 rings (SSSR count). The number of methoxy groups -OCH3 is 1. The van der Waals surface area contributed by atoms with Gasteiger partial charge in [-0.2, -0.15) is 9.52 Å². The van der Waals surface area contributed by atoms with Crippen molar-refractivity contribution in [2.45, 2.75) is 75.6 Å². The van der Waals surface area contributed by atoms with E-state index in [9.17, 15) is 27.6 Å². The van der Waals surface area contributed by atoms with Crippen LogP contribution >= 0.6 is 0 Å². The number of aromatic amines is 1.